The molecular formula is C18H18O. The van der Waals surface area contributed by atoms with Crippen LogP contribution in [0.25, 0.3) is 5.57 Å². The van der Waals surface area contributed by atoms with Crippen molar-refractivity contribution >= 4 is 11.4 Å². The number of ketones is 1. The van der Waals surface area contributed by atoms with Crippen LogP contribution in [0.3, 0.4) is 0 Å². The van der Waals surface area contributed by atoms with E-state index in [1.165, 1.54) is 11.1 Å². The molecule has 19 heavy (non-hydrogen) atoms. The summed E-state index contributed by atoms with van der Waals surface area (Å²) in [6, 6.07) is 15.9. The number of Topliss-reactive ketones (excluding diaryl/α,β-unsaturated/α-hetero) is 1. The lowest BCUT2D eigenvalue weighted by Crippen LogP contribution is -2.04. The highest BCUT2D eigenvalue weighted by atomic mass is 16.1. The number of carbonyl (C=O) groups excluding carboxylic acids is 1. The number of aryl methyl sites for hydroxylation is 2. The van der Waals surface area contributed by atoms with Crippen molar-refractivity contribution < 1.29 is 4.79 Å². The number of rotatable bonds is 4. The van der Waals surface area contributed by atoms with Crippen LogP contribution in [-0.2, 0) is 11.2 Å². The van der Waals surface area contributed by atoms with Gasteiger partial charge in [0.1, 0.15) is 0 Å². The van der Waals surface area contributed by atoms with E-state index in [0.29, 0.717) is 12.0 Å². The molecule has 0 radical (unpaired) electrons. The Morgan fingerprint density at radius 2 is 1.37 bits per heavy atom. The molecule has 2 rings (SSSR count). The molecule has 0 heterocycles. The average Bonchev–Trinajstić information content (AvgIpc) is 2.41. The van der Waals surface area contributed by atoms with E-state index < -0.39 is 0 Å². The second-order valence-electron chi connectivity index (χ2n) is 4.93. The normalized spacial score (nSPS) is 10.2. The Morgan fingerprint density at radius 3 is 1.89 bits per heavy atom. The van der Waals surface area contributed by atoms with Crippen molar-refractivity contribution in [2.45, 2.75) is 20.3 Å². The topological polar surface area (TPSA) is 17.1 Å². The smallest absolute Gasteiger partial charge is 0.167 e. The first kappa shape index (κ1) is 13.3. The molecule has 1 heteroatoms. The van der Waals surface area contributed by atoms with Gasteiger partial charge in [0, 0.05) is 12.0 Å². The first-order valence-electron chi connectivity index (χ1n) is 6.41. The van der Waals surface area contributed by atoms with E-state index >= 15 is 0 Å². The fraction of sp³-hybridized carbons (Fsp3) is 0.167. The minimum atomic E-state index is 0.0766. The Morgan fingerprint density at radius 1 is 0.895 bits per heavy atom. The standard InChI is InChI=1S/C18H18O/c1-13-4-8-16(9-5-13)12-18(19)15(3)17-10-6-14(2)7-11-17/h4-11H,3,12H2,1-2H3. The molecule has 0 bridgehead atoms. The fourth-order valence-electron chi connectivity index (χ4n) is 1.91. The second kappa shape index (κ2) is 5.66. The molecule has 0 saturated carbocycles. The summed E-state index contributed by atoms with van der Waals surface area (Å²) in [5.41, 5.74) is 4.91. The Bertz CT molecular complexity index is 589. The molecule has 0 unspecified atom stereocenters. The van der Waals surface area contributed by atoms with Gasteiger partial charge in [-0.15, -0.1) is 0 Å². The zero-order chi connectivity index (χ0) is 13.8. The van der Waals surface area contributed by atoms with Gasteiger partial charge in [0.25, 0.3) is 0 Å². The van der Waals surface area contributed by atoms with Crippen LogP contribution < -0.4 is 0 Å². The third-order valence-corrected chi connectivity index (χ3v) is 3.22. The van der Waals surface area contributed by atoms with E-state index in [0.717, 1.165) is 11.1 Å². The molecule has 0 atom stereocenters. The van der Waals surface area contributed by atoms with Gasteiger partial charge in [-0.25, -0.2) is 0 Å². The number of carbonyl (C=O) groups is 1. The lowest BCUT2D eigenvalue weighted by molar-refractivity contribution is -0.113. The van der Waals surface area contributed by atoms with Gasteiger partial charge >= 0.3 is 0 Å². The van der Waals surface area contributed by atoms with Crippen LogP contribution in [0, 0.1) is 13.8 Å². The van der Waals surface area contributed by atoms with Gasteiger partial charge in [0.15, 0.2) is 5.78 Å². The maximum absolute atomic E-state index is 12.2. The summed E-state index contributed by atoms with van der Waals surface area (Å²) in [7, 11) is 0. The Balaban J connectivity index is 2.09. The largest absolute Gasteiger partial charge is 0.294 e. The fourth-order valence-corrected chi connectivity index (χ4v) is 1.91. The Labute approximate surface area is 114 Å². The predicted octanol–water partition coefficient (Wildman–Crippen LogP) is 4.13. The van der Waals surface area contributed by atoms with Crippen LogP contribution in [0.1, 0.15) is 22.3 Å². The Kier molecular flexibility index (Phi) is 3.96. The first-order chi connectivity index (χ1) is 9.06. The van der Waals surface area contributed by atoms with E-state index in [2.05, 4.69) is 6.58 Å². The van der Waals surface area contributed by atoms with Gasteiger partial charge in [-0.1, -0.05) is 66.2 Å². The maximum Gasteiger partial charge on any atom is 0.167 e. The lowest BCUT2D eigenvalue weighted by atomic mass is 9.97. The van der Waals surface area contributed by atoms with Crippen LogP contribution in [0.15, 0.2) is 55.1 Å². The van der Waals surface area contributed by atoms with E-state index in [4.69, 9.17) is 0 Å². The highest BCUT2D eigenvalue weighted by molar-refractivity contribution is 6.20. The van der Waals surface area contributed by atoms with Crippen LogP contribution in [-0.4, -0.2) is 5.78 Å². The van der Waals surface area contributed by atoms with Gasteiger partial charge in [-0.3, -0.25) is 4.79 Å². The molecule has 0 amide bonds. The third-order valence-electron chi connectivity index (χ3n) is 3.22. The van der Waals surface area contributed by atoms with Crippen molar-refractivity contribution in [1.82, 2.24) is 0 Å². The van der Waals surface area contributed by atoms with Crippen molar-refractivity contribution in [2.24, 2.45) is 0 Å². The van der Waals surface area contributed by atoms with Gasteiger partial charge in [-0.2, -0.15) is 0 Å². The van der Waals surface area contributed by atoms with Crippen LogP contribution >= 0.6 is 0 Å². The van der Waals surface area contributed by atoms with E-state index in [1.807, 2.05) is 62.4 Å². The van der Waals surface area contributed by atoms with Crippen molar-refractivity contribution in [3.05, 3.63) is 77.4 Å². The number of hydrogen-bond donors (Lipinski definition) is 0. The van der Waals surface area contributed by atoms with Gasteiger partial charge in [0.05, 0.1) is 0 Å². The molecule has 0 N–H and O–H groups in total. The summed E-state index contributed by atoms with van der Waals surface area (Å²) < 4.78 is 0. The van der Waals surface area contributed by atoms with E-state index in [9.17, 15) is 4.79 Å². The molecule has 0 aliphatic carbocycles. The van der Waals surface area contributed by atoms with Gasteiger partial charge < -0.3 is 0 Å². The van der Waals surface area contributed by atoms with E-state index in [-0.39, 0.29) is 5.78 Å². The average molecular weight is 250 g/mol. The van der Waals surface area contributed by atoms with Crippen LogP contribution in [0.4, 0.5) is 0 Å². The summed E-state index contributed by atoms with van der Waals surface area (Å²) in [6.07, 6.45) is 0.410. The molecule has 0 saturated heterocycles. The first-order valence-corrected chi connectivity index (χ1v) is 6.41. The third kappa shape index (κ3) is 3.41. The predicted molar refractivity (Wildman–Crippen MR) is 80.1 cm³/mol. The molecule has 96 valence electrons. The molecule has 0 spiro atoms. The summed E-state index contributed by atoms with van der Waals surface area (Å²) in [5, 5.41) is 0. The summed E-state index contributed by atoms with van der Waals surface area (Å²) in [6.45, 7) is 7.99. The number of allylic oxidation sites excluding steroid dienone is 1. The minimum Gasteiger partial charge on any atom is -0.294 e. The van der Waals surface area contributed by atoms with Gasteiger partial charge in [-0.05, 0) is 25.0 Å². The zero-order valence-corrected chi connectivity index (χ0v) is 11.4. The zero-order valence-electron chi connectivity index (χ0n) is 11.4. The summed E-state index contributed by atoms with van der Waals surface area (Å²) >= 11 is 0. The van der Waals surface area contributed by atoms with Crippen LogP contribution in [0.2, 0.25) is 0 Å². The molecule has 2 aromatic rings. The van der Waals surface area contributed by atoms with Crippen LogP contribution in [0.5, 0.6) is 0 Å². The highest BCUT2D eigenvalue weighted by Crippen LogP contribution is 2.16. The Hall–Kier alpha value is -2.15. The summed E-state index contributed by atoms with van der Waals surface area (Å²) in [5.74, 6) is 0.0766. The van der Waals surface area contributed by atoms with Crippen molar-refractivity contribution in [3.8, 4) is 0 Å². The van der Waals surface area contributed by atoms with E-state index in [1.54, 1.807) is 0 Å². The second-order valence-corrected chi connectivity index (χ2v) is 4.93. The number of benzene rings is 2. The number of hydrogen-bond acceptors (Lipinski definition) is 1. The van der Waals surface area contributed by atoms with Crippen molar-refractivity contribution in [1.29, 1.82) is 0 Å². The lowest BCUT2D eigenvalue weighted by Gasteiger charge is -2.06. The molecule has 0 aromatic heterocycles. The minimum absolute atomic E-state index is 0.0766. The summed E-state index contributed by atoms with van der Waals surface area (Å²) in [4.78, 5) is 12.2. The van der Waals surface area contributed by atoms with Crippen molar-refractivity contribution in [3.63, 3.8) is 0 Å². The molecule has 0 aliphatic rings. The maximum atomic E-state index is 12.2. The molecule has 2 aromatic carbocycles. The van der Waals surface area contributed by atoms with Gasteiger partial charge in [0.2, 0.25) is 0 Å². The molecule has 0 aliphatic heterocycles. The highest BCUT2D eigenvalue weighted by Gasteiger charge is 2.10. The molecular weight excluding hydrogens is 232 g/mol. The molecule has 0 fully saturated rings. The monoisotopic (exact) mass is 250 g/mol. The SMILES string of the molecule is C=C(C(=O)Cc1ccc(C)cc1)c1ccc(C)cc1. The quantitative estimate of drug-likeness (QED) is 0.746. The van der Waals surface area contributed by atoms with Crippen molar-refractivity contribution in [2.75, 3.05) is 0 Å². The molecule has 1 nitrogen and oxygen atoms in total.